The SMILES string of the molecule is O=C(ONNc1ccc([N+](=O)[O-])cc1[N+](=O)[O-])[C@H]1CCC=N1. The molecule has 0 saturated carbocycles. The monoisotopic (exact) mass is 309 g/mol. The van der Waals surface area contributed by atoms with Crippen LogP contribution in [0, 0.1) is 20.2 Å². The second-order valence-corrected chi connectivity index (χ2v) is 4.29. The molecule has 2 N–H and O–H groups in total. The molecule has 11 nitrogen and oxygen atoms in total. The highest BCUT2D eigenvalue weighted by Gasteiger charge is 2.22. The molecule has 0 aliphatic carbocycles. The van der Waals surface area contributed by atoms with E-state index in [0.717, 1.165) is 18.2 Å². The Bertz CT molecular complexity index is 646. The van der Waals surface area contributed by atoms with Crippen LogP contribution in [-0.4, -0.2) is 28.1 Å². The number of benzene rings is 1. The van der Waals surface area contributed by atoms with Crippen molar-refractivity contribution in [1.29, 1.82) is 0 Å². The van der Waals surface area contributed by atoms with Gasteiger partial charge in [0.15, 0.2) is 0 Å². The molecule has 1 aromatic rings. The lowest BCUT2D eigenvalue weighted by Crippen LogP contribution is -2.31. The zero-order valence-electron chi connectivity index (χ0n) is 11.1. The number of non-ortho nitro benzene ring substituents is 1. The normalized spacial score (nSPS) is 16.3. The minimum Gasteiger partial charge on any atom is -0.349 e. The lowest BCUT2D eigenvalue weighted by Gasteiger charge is -2.10. The Morgan fingerprint density at radius 2 is 2.09 bits per heavy atom. The van der Waals surface area contributed by atoms with Crippen LogP contribution < -0.4 is 11.0 Å². The van der Waals surface area contributed by atoms with Crippen LogP contribution in [-0.2, 0) is 9.63 Å². The van der Waals surface area contributed by atoms with E-state index in [1.165, 1.54) is 0 Å². The molecule has 1 aromatic carbocycles. The van der Waals surface area contributed by atoms with Crippen LogP contribution in [0.4, 0.5) is 17.1 Å². The minimum absolute atomic E-state index is 0.0849. The molecule has 0 bridgehead atoms. The lowest BCUT2D eigenvalue weighted by molar-refractivity contribution is -0.393. The van der Waals surface area contributed by atoms with Crippen molar-refractivity contribution in [2.24, 2.45) is 4.99 Å². The molecule has 1 aliphatic rings. The maximum absolute atomic E-state index is 11.5. The van der Waals surface area contributed by atoms with Gasteiger partial charge in [0, 0.05) is 6.07 Å². The number of aliphatic imine (C=N–C) groups is 1. The van der Waals surface area contributed by atoms with Crippen molar-refractivity contribution in [2.75, 3.05) is 5.43 Å². The summed E-state index contributed by atoms with van der Waals surface area (Å²) in [5.74, 6) is -0.634. The second-order valence-electron chi connectivity index (χ2n) is 4.29. The van der Waals surface area contributed by atoms with Crippen molar-refractivity contribution in [1.82, 2.24) is 5.59 Å². The van der Waals surface area contributed by atoms with Gasteiger partial charge in [-0.1, -0.05) is 5.59 Å². The van der Waals surface area contributed by atoms with Gasteiger partial charge in [0.05, 0.1) is 15.9 Å². The van der Waals surface area contributed by atoms with E-state index in [4.69, 9.17) is 0 Å². The van der Waals surface area contributed by atoms with Crippen molar-refractivity contribution in [3.05, 3.63) is 38.4 Å². The van der Waals surface area contributed by atoms with E-state index in [-0.39, 0.29) is 5.69 Å². The predicted molar refractivity (Wildman–Crippen MR) is 74.1 cm³/mol. The molecule has 116 valence electrons. The summed E-state index contributed by atoms with van der Waals surface area (Å²) in [5, 5.41) is 21.5. The summed E-state index contributed by atoms with van der Waals surface area (Å²) in [4.78, 5) is 40.0. The number of carbonyl (C=O) groups is 1. The number of nitrogens with one attached hydrogen (secondary N) is 2. The van der Waals surface area contributed by atoms with E-state index in [1.54, 1.807) is 6.21 Å². The molecule has 11 heteroatoms. The molecule has 0 unspecified atom stereocenters. The molecule has 0 fully saturated rings. The smallest absolute Gasteiger partial charge is 0.349 e. The summed E-state index contributed by atoms with van der Waals surface area (Å²) < 4.78 is 0. The van der Waals surface area contributed by atoms with Crippen molar-refractivity contribution < 1.29 is 19.5 Å². The Hall–Kier alpha value is -3.08. The van der Waals surface area contributed by atoms with Gasteiger partial charge in [0.25, 0.3) is 5.69 Å². The molecule has 2 rings (SSSR count). The maximum atomic E-state index is 11.5. The highest BCUT2D eigenvalue weighted by atomic mass is 16.7. The van der Waals surface area contributed by atoms with Gasteiger partial charge < -0.3 is 4.84 Å². The van der Waals surface area contributed by atoms with Crippen molar-refractivity contribution >= 4 is 29.2 Å². The third-order valence-electron chi connectivity index (χ3n) is 2.85. The zero-order valence-corrected chi connectivity index (χ0v) is 11.1. The van der Waals surface area contributed by atoms with Crippen LogP contribution in [0.5, 0.6) is 0 Å². The third kappa shape index (κ3) is 3.52. The molecule has 0 saturated heterocycles. The zero-order chi connectivity index (χ0) is 16.1. The number of anilines is 1. The Kier molecular flexibility index (Phi) is 4.58. The molecule has 1 aliphatic heterocycles. The summed E-state index contributed by atoms with van der Waals surface area (Å²) >= 11 is 0. The predicted octanol–water partition coefficient (Wildman–Crippen LogP) is 1.11. The first kappa shape index (κ1) is 15.3. The third-order valence-corrected chi connectivity index (χ3v) is 2.85. The fourth-order valence-electron chi connectivity index (χ4n) is 1.78. The molecule has 0 spiro atoms. The van der Waals surface area contributed by atoms with Crippen LogP contribution in [0.2, 0.25) is 0 Å². The first-order valence-electron chi connectivity index (χ1n) is 6.15. The molecule has 0 amide bonds. The number of carbonyl (C=O) groups excluding carboxylic acids is 1. The Labute approximate surface area is 123 Å². The summed E-state index contributed by atoms with van der Waals surface area (Å²) in [6.45, 7) is 0. The van der Waals surface area contributed by atoms with Crippen LogP contribution >= 0.6 is 0 Å². The van der Waals surface area contributed by atoms with Gasteiger partial charge >= 0.3 is 11.7 Å². The molecule has 0 aromatic heterocycles. The Balaban J connectivity index is 1.99. The van der Waals surface area contributed by atoms with Gasteiger partial charge in [-0.3, -0.25) is 30.6 Å². The largest absolute Gasteiger partial charge is 0.351 e. The molecule has 0 radical (unpaired) electrons. The number of nitrogens with zero attached hydrogens (tertiary/aromatic N) is 3. The standard InChI is InChI=1S/C11H11N5O6/c17-11(9-2-1-5-12-9)22-14-13-8-4-3-7(15(18)19)6-10(8)16(20)21/h3-6,9,13-14H,1-2H2/t9-/m1/s1. The highest BCUT2D eigenvalue weighted by molar-refractivity contribution is 5.80. The topological polar surface area (TPSA) is 149 Å². The van der Waals surface area contributed by atoms with Gasteiger partial charge in [-0.2, -0.15) is 0 Å². The van der Waals surface area contributed by atoms with Crippen LogP contribution in [0.3, 0.4) is 0 Å². The molecular formula is C11H11N5O6. The van der Waals surface area contributed by atoms with E-state index in [2.05, 4.69) is 20.8 Å². The van der Waals surface area contributed by atoms with E-state index in [9.17, 15) is 25.0 Å². The van der Waals surface area contributed by atoms with Gasteiger partial charge in [-0.25, -0.2) is 4.79 Å². The fourth-order valence-corrected chi connectivity index (χ4v) is 1.78. The minimum atomic E-state index is -0.792. The maximum Gasteiger partial charge on any atom is 0.351 e. The second kappa shape index (κ2) is 6.58. The number of nitro groups is 2. The number of hydrogen-bond donors (Lipinski definition) is 2. The average Bonchev–Trinajstić information content (AvgIpc) is 3.01. The quantitative estimate of drug-likeness (QED) is 0.586. The van der Waals surface area contributed by atoms with E-state index in [0.29, 0.717) is 12.8 Å². The summed E-state index contributed by atoms with van der Waals surface area (Å²) in [7, 11) is 0. The van der Waals surface area contributed by atoms with E-state index >= 15 is 0 Å². The highest BCUT2D eigenvalue weighted by Crippen LogP contribution is 2.28. The van der Waals surface area contributed by atoms with Crippen molar-refractivity contribution in [2.45, 2.75) is 18.9 Å². The van der Waals surface area contributed by atoms with Crippen LogP contribution in [0.25, 0.3) is 0 Å². The van der Waals surface area contributed by atoms with Gasteiger partial charge in [-0.15, -0.1) is 0 Å². The van der Waals surface area contributed by atoms with Gasteiger partial charge in [0.2, 0.25) is 0 Å². The average molecular weight is 309 g/mol. The van der Waals surface area contributed by atoms with Crippen LogP contribution in [0.15, 0.2) is 23.2 Å². The fraction of sp³-hybridized carbons (Fsp3) is 0.273. The summed E-state index contributed by atoms with van der Waals surface area (Å²) in [5.41, 5.74) is 3.34. The summed E-state index contributed by atoms with van der Waals surface area (Å²) in [6, 6.07) is 2.42. The summed E-state index contributed by atoms with van der Waals surface area (Å²) in [6.07, 6.45) is 2.83. The molecule has 1 heterocycles. The number of hydrogen-bond acceptors (Lipinski definition) is 9. The lowest BCUT2D eigenvalue weighted by atomic mass is 10.2. The van der Waals surface area contributed by atoms with Crippen LogP contribution in [0.1, 0.15) is 12.8 Å². The van der Waals surface area contributed by atoms with Crippen molar-refractivity contribution in [3.63, 3.8) is 0 Å². The molecular weight excluding hydrogens is 298 g/mol. The first-order valence-corrected chi connectivity index (χ1v) is 6.15. The molecule has 22 heavy (non-hydrogen) atoms. The Morgan fingerprint density at radius 1 is 1.32 bits per heavy atom. The van der Waals surface area contributed by atoms with E-state index < -0.39 is 33.2 Å². The first-order chi connectivity index (χ1) is 10.5. The number of rotatable bonds is 6. The van der Waals surface area contributed by atoms with E-state index in [1.807, 2.05) is 0 Å². The molecule has 1 atom stereocenters. The Morgan fingerprint density at radius 3 is 2.68 bits per heavy atom. The number of nitro benzene ring substituents is 2. The van der Waals surface area contributed by atoms with Gasteiger partial charge in [-0.05, 0) is 25.1 Å². The van der Waals surface area contributed by atoms with Crippen molar-refractivity contribution in [3.8, 4) is 0 Å². The number of hydrazine groups is 1. The van der Waals surface area contributed by atoms with Gasteiger partial charge in [0.1, 0.15) is 11.7 Å².